The summed E-state index contributed by atoms with van der Waals surface area (Å²) in [6, 6.07) is 4.29. The molecule has 144 valence electrons. The summed E-state index contributed by atoms with van der Waals surface area (Å²) in [7, 11) is 5.32. The van der Waals surface area contributed by atoms with Crippen LogP contribution in [0.1, 0.15) is 49.8 Å². The lowest BCUT2D eigenvalue weighted by atomic mass is 9.79. The van der Waals surface area contributed by atoms with Gasteiger partial charge in [-0.05, 0) is 80.2 Å². The lowest BCUT2D eigenvalue weighted by molar-refractivity contribution is -0.132. The maximum atomic E-state index is 12.6. The van der Waals surface area contributed by atoms with Crippen molar-refractivity contribution in [2.24, 2.45) is 0 Å². The van der Waals surface area contributed by atoms with Crippen LogP contribution in [-0.4, -0.2) is 53.4 Å². The molecular weight excluding hydrogens is 358 g/mol. The molecule has 5 nitrogen and oxygen atoms in total. The highest BCUT2D eigenvalue weighted by molar-refractivity contribution is 7.80. The molecule has 2 aliphatic rings. The van der Waals surface area contributed by atoms with Crippen LogP contribution in [0.25, 0.3) is 6.08 Å². The van der Waals surface area contributed by atoms with Crippen LogP contribution in [0.15, 0.2) is 17.7 Å². The first kappa shape index (κ1) is 19.5. The largest absolute Gasteiger partial charge is 0.369 e. The number of carbonyl (C=O) groups excluding carboxylic acids is 2. The number of carbonyl (C=O) groups is 2. The van der Waals surface area contributed by atoms with Gasteiger partial charge in [0.25, 0.3) is 11.8 Å². The topological polar surface area (TPSA) is 43.9 Å². The van der Waals surface area contributed by atoms with E-state index in [0.29, 0.717) is 5.92 Å². The Labute approximate surface area is 166 Å². The van der Waals surface area contributed by atoms with Crippen molar-refractivity contribution in [1.82, 2.24) is 9.80 Å². The van der Waals surface area contributed by atoms with Gasteiger partial charge in [0.1, 0.15) is 5.57 Å². The predicted molar refractivity (Wildman–Crippen MR) is 113 cm³/mol. The molecule has 3 rings (SSSR count). The highest BCUT2D eigenvalue weighted by Crippen LogP contribution is 2.43. The van der Waals surface area contributed by atoms with E-state index in [1.165, 1.54) is 21.1 Å². The summed E-state index contributed by atoms with van der Waals surface area (Å²) < 4.78 is 0. The molecule has 0 radical (unpaired) electrons. The van der Waals surface area contributed by atoms with Gasteiger partial charge >= 0.3 is 0 Å². The van der Waals surface area contributed by atoms with Crippen molar-refractivity contribution >= 4 is 40.9 Å². The number of anilines is 1. The molecular formula is C21H27N3O2S. The summed E-state index contributed by atoms with van der Waals surface area (Å²) >= 11 is 5.16. The molecule has 1 aromatic carbocycles. The molecule has 0 N–H and O–H groups in total. The Balaban J connectivity index is 2.10. The third-order valence-corrected chi connectivity index (χ3v) is 6.51. The Hall–Kier alpha value is -2.21. The molecule has 1 saturated heterocycles. The van der Waals surface area contributed by atoms with Crippen molar-refractivity contribution in [2.75, 3.05) is 26.0 Å². The number of benzene rings is 1. The van der Waals surface area contributed by atoms with E-state index >= 15 is 0 Å². The number of rotatable bonds is 1. The molecule has 0 spiro atoms. The first-order valence-corrected chi connectivity index (χ1v) is 9.56. The summed E-state index contributed by atoms with van der Waals surface area (Å²) in [4.78, 5) is 30.2. The number of hydrogen-bond acceptors (Lipinski definition) is 4. The standard InChI is InChI=1S/C21H27N3O2S/c1-12-8-17-15(13(2)11-21(3,4)24(17)7)9-14(12)10-16-18(25)22(5)20(27)23(6)19(16)26/h8-10,13H,11H2,1-7H3/t13-/m1/s1. The van der Waals surface area contributed by atoms with Gasteiger partial charge in [-0.1, -0.05) is 6.92 Å². The van der Waals surface area contributed by atoms with Crippen LogP contribution < -0.4 is 4.90 Å². The summed E-state index contributed by atoms with van der Waals surface area (Å²) in [5.41, 5.74) is 4.65. The maximum absolute atomic E-state index is 12.6. The van der Waals surface area contributed by atoms with Crippen LogP contribution in [-0.2, 0) is 9.59 Å². The molecule has 1 fully saturated rings. The normalized spacial score (nSPS) is 22.3. The van der Waals surface area contributed by atoms with Crippen LogP contribution in [0, 0.1) is 6.92 Å². The van der Waals surface area contributed by atoms with Gasteiger partial charge in [0.2, 0.25) is 0 Å². The quantitative estimate of drug-likeness (QED) is 0.423. The predicted octanol–water partition coefficient (Wildman–Crippen LogP) is 3.32. The molecule has 0 aromatic heterocycles. The molecule has 0 bridgehead atoms. The zero-order valence-electron chi connectivity index (χ0n) is 17.1. The Morgan fingerprint density at radius 1 is 1.11 bits per heavy atom. The second-order valence-electron chi connectivity index (χ2n) is 8.31. The summed E-state index contributed by atoms with van der Waals surface area (Å²) in [6.07, 6.45) is 2.76. The van der Waals surface area contributed by atoms with Crippen LogP contribution in [0.2, 0.25) is 0 Å². The van der Waals surface area contributed by atoms with E-state index in [-0.39, 0.29) is 28.0 Å². The van der Waals surface area contributed by atoms with E-state index in [9.17, 15) is 9.59 Å². The molecule has 0 saturated carbocycles. The number of amides is 2. The SMILES string of the molecule is Cc1cc2c(cc1C=C1C(=O)N(C)C(=S)N(C)C1=O)[C@H](C)CC(C)(C)N2C. The van der Waals surface area contributed by atoms with E-state index in [0.717, 1.165) is 17.5 Å². The maximum Gasteiger partial charge on any atom is 0.265 e. The van der Waals surface area contributed by atoms with Crippen LogP contribution in [0.5, 0.6) is 0 Å². The van der Waals surface area contributed by atoms with Gasteiger partial charge in [0.05, 0.1) is 0 Å². The summed E-state index contributed by atoms with van der Waals surface area (Å²) in [6.45, 7) is 8.76. The smallest absolute Gasteiger partial charge is 0.265 e. The molecule has 1 atom stereocenters. The van der Waals surface area contributed by atoms with E-state index in [4.69, 9.17) is 12.2 Å². The molecule has 2 aliphatic heterocycles. The average molecular weight is 386 g/mol. The fraction of sp³-hybridized carbons (Fsp3) is 0.476. The highest BCUT2D eigenvalue weighted by atomic mass is 32.1. The second-order valence-corrected chi connectivity index (χ2v) is 8.68. The van der Waals surface area contributed by atoms with Crippen LogP contribution in [0.3, 0.4) is 0 Å². The minimum absolute atomic E-state index is 0.0925. The summed E-state index contributed by atoms with van der Waals surface area (Å²) in [5.74, 6) is -0.308. The van der Waals surface area contributed by atoms with Crippen LogP contribution in [0.4, 0.5) is 5.69 Å². The van der Waals surface area contributed by atoms with E-state index < -0.39 is 0 Å². The summed E-state index contributed by atoms with van der Waals surface area (Å²) in [5, 5.41) is 0.224. The van der Waals surface area contributed by atoms with Crippen molar-refractivity contribution in [3.05, 3.63) is 34.4 Å². The molecule has 2 heterocycles. The van der Waals surface area contributed by atoms with E-state index in [2.05, 4.69) is 44.9 Å². The first-order valence-electron chi connectivity index (χ1n) is 9.16. The van der Waals surface area contributed by atoms with Crippen molar-refractivity contribution in [3.8, 4) is 0 Å². The first-order chi connectivity index (χ1) is 12.5. The van der Waals surface area contributed by atoms with Crippen molar-refractivity contribution in [2.45, 2.75) is 45.6 Å². The Morgan fingerprint density at radius 2 is 1.67 bits per heavy atom. The zero-order chi connectivity index (χ0) is 20.3. The second kappa shape index (κ2) is 6.44. The van der Waals surface area contributed by atoms with E-state index in [1.807, 2.05) is 6.92 Å². The minimum Gasteiger partial charge on any atom is -0.369 e. The number of fused-ring (bicyclic) bond motifs is 1. The number of hydrogen-bond donors (Lipinski definition) is 0. The third kappa shape index (κ3) is 3.06. The van der Waals surface area contributed by atoms with Gasteiger partial charge < -0.3 is 4.90 Å². The average Bonchev–Trinajstić information content (AvgIpc) is 2.60. The third-order valence-electron chi connectivity index (χ3n) is 5.97. The molecule has 0 aliphatic carbocycles. The monoisotopic (exact) mass is 385 g/mol. The Bertz CT molecular complexity index is 862. The minimum atomic E-state index is -0.355. The fourth-order valence-electron chi connectivity index (χ4n) is 4.02. The van der Waals surface area contributed by atoms with Gasteiger partial charge in [0.15, 0.2) is 5.11 Å². The van der Waals surface area contributed by atoms with Gasteiger partial charge in [-0.25, -0.2) is 0 Å². The van der Waals surface area contributed by atoms with Gasteiger partial charge in [-0.15, -0.1) is 0 Å². The lowest BCUT2D eigenvalue weighted by Crippen LogP contribution is -2.52. The van der Waals surface area contributed by atoms with Crippen LogP contribution >= 0.6 is 12.2 Å². The van der Waals surface area contributed by atoms with Gasteiger partial charge in [-0.2, -0.15) is 0 Å². The number of thiocarbonyl (C=S) groups is 1. The van der Waals surface area contributed by atoms with Gasteiger partial charge in [-0.3, -0.25) is 19.4 Å². The number of aryl methyl sites for hydroxylation is 1. The molecule has 1 aromatic rings. The molecule has 6 heteroatoms. The Kier molecular flexibility index (Phi) is 4.67. The van der Waals surface area contributed by atoms with Gasteiger partial charge in [0, 0.05) is 32.4 Å². The molecule has 27 heavy (non-hydrogen) atoms. The zero-order valence-corrected chi connectivity index (χ0v) is 17.9. The van der Waals surface area contributed by atoms with Crippen molar-refractivity contribution in [3.63, 3.8) is 0 Å². The lowest BCUT2D eigenvalue weighted by Gasteiger charge is -2.45. The molecule has 2 amide bonds. The Morgan fingerprint density at radius 3 is 2.22 bits per heavy atom. The fourth-order valence-corrected chi connectivity index (χ4v) is 4.19. The number of nitrogens with zero attached hydrogens (tertiary/aromatic N) is 3. The van der Waals surface area contributed by atoms with E-state index in [1.54, 1.807) is 20.2 Å². The highest BCUT2D eigenvalue weighted by Gasteiger charge is 2.37. The molecule has 0 unspecified atom stereocenters. The van der Waals surface area contributed by atoms with Crippen molar-refractivity contribution in [1.29, 1.82) is 0 Å². The van der Waals surface area contributed by atoms with Crippen molar-refractivity contribution < 1.29 is 9.59 Å². The number of likely N-dealkylation sites (N-methyl/N-ethyl adjacent to an activating group) is 2.